The quantitative estimate of drug-likeness (QED) is 0.862. The Morgan fingerprint density at radius 3 is 2.67 bits per heavy atom. The number of aromatic nitrogens is 1. The highest BCUT2D eigenvalue weighted by molar-refractivity contribution is 5.91. The number of piperidine rings is 1. The third-order valence-corrected chi connectivity index (χ3v) is 5.36. The van der Waals surface area contributed by atoms with Crippen LogP contribution in [-0.2, 0) is 4.74 Å². The van der Waals surface area contributed by atoms with Crippen molar-refractivity contribution in [3.63, 3.8) is 0 Å². The number of rotatable bonds is 4. The predicted molar refractivity (Wildman–Crippen MR) is 97.6 cm³/mol. The second-order valence-electron chi connectivity index (χ2n) is 7.12. The molecule has 0 radical (unpaired) electrons. The number of pyridine rings is 1. The highest BCUT2D eigenvalue weighted by atomic mass is 19.3. The van der Waals surface area contributed by atoms with E-state index in [4.69, 9.17) is 0 Å². The Balaban J connectivity index is 1.44. The number of alkyl halides is 2. The van der Waals surface area contributed by atoms with E-state index in [2.05, 4.69) is 15.0 Å². The molecule has 1 N–H and O–H groups in total. The van der Waals surface area contributed by atoms with Crippen molar-refractivity contribution in [3.05, 3.63) is 48.2 Å². The minimum absolute atomic E-state index is 0.0341. The van der Waals surface area contributed by atoms with Crippen LogP contribution in [0.5, 0.6) is 0 Å². The summed E-state index contributed by atoms with van der Waals surface area (Å²) in [5, 5.41) is 2.94. The number of amides is 2. The number of fused-ring (bicyclic) bond motifs is 2. The fourth-order valence-corrected chi connectivity index (χ4v) is 4.10. The largest absolute Gasteiger partial charge is 0.345 e. The maximum absolute atomic E-state index is 12.7. The van der Waals surface area contributed by atoms with Crippen molar-refractivity contribution in [1.82, 2.24) is 9.88 Å². The van der Waals surface area contributed by atoms with E-state index in [9.17, 15) is 13.6 Å². The first-order valence-electron chi connectivity index (χ1n) is 9.06. The van der Waals surface area contributed by atoms with Crippen LogP contribution in [-0.4, -0.2) is 40.7 Å². The zero-order valence-electron chi connectivity index (χ0n) is 14.9. The van der Waals surface area contributed by atoms with Gasteiger partial charge in [-0.2, -0.15) is 8.78 Å². The number of ether oxygens (including phenoxy) is 1. The fourth-order valence-electron chi connectivity index (χ4n) is 4.10. The van der Waals surface area contributed by atoms with E-state index in [1.165, 1.54) is 0 Å². The van der Waals surface area contributed by atoms with E-state index in [-0.39, 0.29) is 18.1 Å². The zero-order chi connectivity index (χ0) is 19.0. The summed E-state index contributed by atoms with van der Waals surface area (Å²) in [6.07, 6.45) is 3.04. The number of aryl methyl sites for hydroxylation is 1. The van der Waals surface area contributed by atoms with E-state index in [0.29, 0.717) is 18.5 Å². The standard InChI is InChI=1S/C20H21F2N3O2/c1-12-5-6-13(8-17(12)18-4-2-3-7-23-18)24-20(26)25-14-9-15(25)11-16(10-14)27-19(21)22/h2-8,14-16,19H,9-11H2,1H3,(H,24,26)/t14-,15?,16?/m1/s1. The van der Waals surface area contributed by atoms with Gasteiger partial charge in [-0.05, 0) is 56.0 Å². The number of halogens is 2. The highest BCUT2D eigenvalue weighted by Crippen LogP contribution is 2.40. The Bertz CT molecular complexity index is 819. The number of hydrogen-bond donors (Lipinski definition) is 1. The van der Waals surface area contributed by atoms with E-state index < -0.39 is 12.7 Å². The molecule has 2 fully saturated rings. The van der Waals surface area contributed by atoms with Gasteiger partial charge in [-0.1, -0.05) is 12.1 Å². The zero-order valence-corrected chi connectivity index (χ0v) is 14.9. The van der Waals surface area contributed by atoms with E-state index in [1.807, 2.05) is 43.3 Å². The summed E-state index contributed by atoms with van der Waals surface area (Å²) in [6, 6.07) is 11.2. The molecule has 0 spiro atoms. The lowest BCUT2D eigenvalue weighted by Crippen LogP contribution is -2.65. The number of benzene rings is 1. The Morgan fingerprint density at radius 1 is 1.22 bits per heavy atom. The maximum Gasteiger partial charge on any atom is 0.345 e. The first kappa shape index (κ1) is 17.9. The van der Waals surface area contributed by atoms with Crippen molar-refractivity contribution in [1.29, 1.82) is 0 Å². The van der Waals surface area contributed by atoms with Crippen molar-refractivity contribution in [2.75, 3.05) is 5.32 Å². The lowest BCUT2D eigenvalue weighted by atomic mass is 9.78. The van der Waals surface area contributed by atoms with Gasteiger partial charge in [0.1, 0.15) is 0 Å². The topological polar surface area (TPSA) is 54.5 Å². The summed E-state index contributed by atoms with van der Waals surface area (Å²) >= 11 is 0. The molecule has 4 rings (SSSR count). The smallest absolute Gasteiger partial charge is 0.319 e. The van der Waals surface area contributed by atoms with Crippen LogP contribution in [0.1, 0.15) is 24.8 Å². The normalized spacial score (nSPS) is 23.9. The third-order valence-electron chi connectivity index (χ3n) is 5.36. The molecule has 2 bridgehead atoms. The number of carbonyl (C=O) groups excluding carboxylic acids is 1. The number of urea groups is 1. The summed E-state index contributed by atoms with van der Waals surface area (Å²) in [4.78, 5) is 18.8. The number of nitrogens with zero attached hydrogens (tertiary/aromatic N) is 2. The van der Waals surface area contributed by atoms with Gasteiger partial charge in [0.05, 0.1) is 11.8 Å². The molecule has 2 aromatic rings. The van der Waals surface area contributed by atoms with Crippen LogP contribution in [0.15, 0.2) is 42.6 Å². The van der Waals surface area contributed by atoms with Gasteiger partial charge in [0.25, 0.3) is 0 Å². The van der Waals surface area contributed by atoms with E-state index in [0.717, 1.165) is 23.2 Å². The first-order valence-corrected chi connectivity index (χ1v) is 9.06. The Hall–Kier alpha value is -2.54. The van der Waals surface area contributed by atoms with Crippen LogP contribution in [0, 0.1) is 6.92 Å². The first-order chi connectivity index (χ1) is 13.0. The van der Waals surface area contributed by atoms with Crippen molar-refractivity contribution in [2.45, 2.75) is 51.0 Å². The lowest BCUT2D eigenvalue weighted by molar-refractivity contribution is -0.193. The molecule has 2 amide bonds. The van der Waals surface area contributed by atoms with Crippen LogP contribution in [0.2, 0.25) is 0 Å². The highest BCUT2D eigenvalue weighted by Gasteiger charge is 2.48. The molecule has 0 saturated carbocycles. The second kappa shape index (κ2) is 7.23. The van der Waals surface area contributed by atoms with Crippen molar-refractivity contribution < 1.29 is 18.3 Å². The van der Waals surface area contributed by atoms with Crippen molar-refractivity contribution >= 4 is 11.7 Å². The molecular weight excluding hydrogens is 352 g/mol. The molecule has 7 heteroatoms. The number of hydrogen-bond acceptors (Lipinski definition) is 3. The molecule has 142 valence electrons. The van der Waals surface area contributed by atoms with Gasteiger partial charge in [0.15, 0.2) is 0 Å². The monoisotopic (exact) mass is 373 g/mol. The van der Waals surface area contributed by atoms with Gasteiger partial charge < -0.3 is 15.0 Å². The van der Waals surface area contributed by atoms with Gasteiger partial charge in [-0.15, -0.1) is 0 Å². The fraction of sp³-hybridized carbons (Fsp3) is 0.400. The van der Waals surface area contributed by atoms with Gasteiger partial charge in [0, 0.05) is 29.5 Å². The Kier molecular flexibility index (Phi) is 4.78. The van der Waals surface area contributed by atoms with E-state index >= 15 is 0 Å². The molecule has 1 aromatic heterocycles. The number of carbonyl (C=O) groups is 1. The average Bonchev–Trinajstić information content (AvgIpc) is 2.63. The molecule has 5 nitrogen and oxygen atoms in total. The minimum atomic E-state index is -2.76. The second-order valence-corrected chi connectivity index (χ2v) is 7.12. The predicted octanol–water partition coefficient (Wildman–Crippen LogP) is 4.43. The summed E-state index contributed by atoms with van der Waals surface area (Å²) in [7, 11) is 0. The van der Waals surface area contributed by atoms with Crippen LogP contribution in [0.3, 0.4) is 0 Å². The lowest BCUT2D eigenvalue weighted by Gasteiger charge is -2.54. The van der Waals surface area contributed by atoms with Gasteiger partial charge in [-0.3, -0.25) is 4.98 Å². The third kappa shape index (κ3) is 3.64. The molecule has 3 atom stereocenters. The summed E-state index contributed by atoms with van der Waals surface area (Å²) < 4.78 is 29.4. The van der Waals surface area contributed by atoms with Gasteiger partial charge >= 0.3 is 12.6 Å². The number of nitrogens with one attached hydrogen (secondary N) is 1. The maximum atomic E-state index is 12.7. The summed E-state index contributed by atoms with van der Waals surface area (Å²) in [6.45, 7) is -0.758. The molecule has 3 heterocycles. The Labute approximate surface area is 156 Å². The van der Waals surface area contributed by atoms with Gasteiger partial charge in [-0.25, -0.2) is 4.79 Å². The molecule has 2 aliphatic rings. The van der Waals surface area contributed by atoms with E-state index in [1.54, 1.807) is 11.1 Å². The molecule has 2 aliphatic heterocycles. The minimum Gasteiger partial charge on any atom is -0.319 e. The molecular formula is C20H21F2N3O2. The molecule has 2 unspecified atom stereocenters. The average molecular weight is 373 g/mol. The van der Waals surface area contributed by atoms with Gasteiger partial charge in [0.2, 0.25) is 0 Å². The van der Waals surface area contributed by atoms with Crippen LogP contribution >= 0.6 is 0 Å². The SMILES string of the molecule is Cc1ccc(NC(=O)N2C3CC(OC(F)F)C[C@H]2C3)cc1-c1ccccn1. The number of anilines is 1. The summed E-state index contributed by atoms with van der Waals surface area (Å²) in [5.41, 5.74) is 3.57. The van der Waals surface area contributed by atoms with Crippen LogP contribution in [0.25, 0.3) is 11.3 Å². The van der Waals surface area contributed by atoms with Crippen molar-refractivity contribution in [3.8, 4) is 11.3 Å². The molecule has 1 aromatic carbocycles. The van der Waals surface area contributed by atoms with Crippen LogP contribution < -0.4 is 5.32 Å². The van der Waals surface area contributed by atoms with Crippen LogP contribution in [0.4, 0.5) is 19.3 Å². The molecule has 27 heavy (non-hydrogen) atoms. The Morgan fingerprint density at radius 2 is 2.00 bits per heavy atom. The molecule has 0 aliphatic carbocycles. The molecule has 2 saturated heterocycles. The van der Waals surface area contributed by atoms with Crippen molar-refractivity contribution in [2.24, 2.45) is 0 Å². The summed E-state index contributed by atoms with van der Waals surface area (Å²) in [5.74, 6) is 0.